The lowest BCUT2D eigenvalue weighted by molar-refractivity contribution is -0.121. The molecule has 1 unspecified atom stereocenters. The van der Waals surface area contributed by atoms with Gasteiger partial charge in [0.2, 0.25) is 5.91 Å². The van der Waals surface area contributed by atoms with E-state index < -0.39 is 0 Å². The van der Waals surface area contributed by atoms with E-state index in [1.165, 1.54) is 12.8 Å². The molecule has 5 heteroatoms. The van der Waals surface area contributed by atoms with Crippen LogP contribution >= 0.6 is 0 Å². The highest BCUT2D eigenvalue weighted by Gasteiger charge is 2.28. The Labute approximate surface area is 126 Å². The number of hydrogen-bond donors (Lipinski definition) is 1. The second kappa shape index (κ2) is 6.75. The van der Waals surface area contributed by atoms with Gasteiger partial charge in [0, 0.05) is 18.2 Å². The highest BCUT2D eigenvalue weighted by atomic mass is 16.1. The molecule has 0 radical (unpaired) electrons. The van der Waals surface area contributed by atoms with E-state index in [0.717, 1.165) is 17.0 Å². The average Bonchev–Trinajstić information content (AvgIpc) is 3.24. The Balaban J connectivity index is 1.88. The minimum absolute atomic E-state index is 0.123. The lowest BCUT2D eigenvalue weighted by Crippen LogP contribution is -2.34. The number of nitrogens with one attached hydrogen (secondary N) is 1. The summed E-state index contributed by atoms with van der Waals surface area (Å²) in [4.78, 5) is 12.0. The van der Waals surface area contributed by atoms with Crippen molar-refractivity contribution >= 4 is 5.91 Å². The molecule has 21 heavy (non-hydrogen) atoms. The van der Waals surface area contributed by atoms with Gasteiger partial charge in [0.1, 0.15) is 0 Å². The summed E-state index contributed by atoms with van der Waals surface area (Å²) >= 11 is 0. The van der Waals surface area contributed by atoms with Crippen LogP contribution in [0.15, 0.2) is 0 Å². The molecule has 114 valence electrons. The monoisotopic (exact) mass is 288 g/mol. The van der Waals surface area contributed by atoms with E-state index in [1.54, 1.807) is 0 Å². The SMILES string of the molecule is Cc1nn(CCC#N)c(C)c1CCC(=O)NC(C)C1CC1. The molecule has 1 amide bonds. The summed E-state index contributed by atoms with van der Waals surface area (Å²) in [6.07, 6.45) is 4.16. The maximum absolute atomic E-state index is 12.0. The van der Waals surface area contributed by atoms with Crippen LogP contribution in [0.2, 0.25) is 0 Å². The Morgan fingerprint density at radius 3 is 2.86 bits per heavy atom. The van der Waals surface area contributed by atoms with Crippen molar-refractivity contribution in [2.45, 2.75) is 65.5 Å². The normalized spacial score (nSPS) is 15.5. The van der Waals surface area contributed by atoms with Crippen molar-refractivity contribution in [3.8, 4) is 6.07 Å². The molecule has 0 saturated heterocycles. The fraction of sp³-hybridized carbons (Fsp3) is 0.688. The van der Waals surface area contributed by atoms with Gasteiger partial charge in [-0.15, -0.1) is 0 Å². The van der Waals surface area contributed by atoms with Crippen LogP contribution in [0, 0.1) is 31.1 Å². The van der Waals surface area contributed by atoms with Gasteiger partial charge in [0.15, 0.2) is 0 Å². The molecule has 0 bridgehead atoms. The number of rotatable bonds is 7. The van der Waals surface area contributed by atoms with Gasteiger partial charge >= 0.3 is 0 Å². The molecule has 5 nitrogen and oxygen atoms in total. The van der Waals surface area contributed by atoms with Crippen LogP contribution in [0.4, 0.5) is 0 Å². The predicted octanol–water partition coefficient (Wildman–Crippen LogP) is 2.26. The third-order valence-electron chi connectivity index (χ3n) is 4.29. The van der Waals surface area contributed by atoms with E-state index in [4.69, 9.17) is 5.26 Å². The predicted molar refractivity (Wildman–Crippen MR) is 80.6 cm³/mol. The standard InChI is InChI=1S/C16H24N4O/c1-11(14-5-6-14)18-16(21)8-7-15-12(2)19-20(13(15)3)10-4-9-17/h11,14H,4-8,10H2,1-3H3,(H,18,21). The van der Waals surface area contributed by atoms with Gasteiger partial charge in [-0.2, -0.15) is 10.4 Å². The summed E-state index contributed by atoms with van der Waals surface area (Å²) in [5.74, 6) is 0.809. The molecule has 1 heterocycles. The van der Waals surface area contributed by atoms with Crippen molar-refractivity contribution in [1.29, 1.82) is 5.26 Å². The van der Waals surface area contributed by atoms with Crippen molar-refractivity contribution < 1.29 is 4.79 Å². The molecule has 0 aliphatic heterocycles. The Morgan fingerprint density at radius 2 is 2.24 bits per heavy atom. The molecule has 1 atom stereocenters. The molecule has 1 aromatic rings. The van der Waals surface area contributed by atoms with Crippen LogP contribution in [0.1, 0.15) is 49.6 Å². The van der Waals surface area contributed by atoms with Gasteiger partial charge in [-0.1, -0.05) is 0 Å². The Hall–Kier alpha value is -1.83. The van der Waals surface area contributed by atoms with E-state index in [-0.39, 0.29) is 5.91 Å². The van der Waals surface area contributed by atoms with Gasteiger partial charge in [-0.05, 0) is 51.5 Å². The first-order chi connectivity index (χ1) is 10.0. The molecule has 2 rings (SSSR count). The zero-order valence-electron chi connectivity index (χ0n) is 13.1. The lowest BCUT2D eigenvalue weighted by Gasteiger charge is -2.12. The van der Waals surface area contributed by atoms with Crippen molar-refractivity contribution in [2.24, 2.45) is 5.92 Å². The van der Waals surface area contributed by atoms with Gasteiger partial charge in [0.05, 0.1) is 24.7 Å². The largest absolute Gasteiger partial charge is 0.353 e. The highest BCUT2D eigenvalue weighted by molar-refractivity contribution is 5.76. The molecular formula is C16H24N4O. The first kappa shape index (κ1) is 15.6. The molecule has 1 aliphatic rings. The zero-order chi connectivity index (χ0) is 15.4. The van der Waals surface area contributed by atoms with E-state index in [0.29, 0.717) is 37.8 Å². The summed E-state index contributed by atoms with van der Waals surface area (Å²) in [6.45, 7) is 6.69. The maximum atomic E-state index is 12.0. The number of nitriles is 1. The second-order valence-electron chi connectivity index (χ2n) is 5.97. The van der Waals surface area contributed by atoms with E-state index in [1.807, 2.05) is 18.5 Å². The van der Waals surface area contributed by atoms with E-state index >= 15 is 0 Å². The van der Waals surface area contributed by atoms with Crippen LogP contribution in [0.25, 0.3) is 0 Å². The van der Waals surface area contributed by atoms with Crippen molar-refractivity contribution in [3.05, 3.63) is 17.0 Å². The first-order valence-corrected chi connectivity index (χ1v) is 7.72. The number of aryl methyl sites for hydroxylation is 2. The summed E-state index contributed by atoms with van der Waals surface area (Å²) < 4.78 is 1.87. The summed E-state index contributed by atoms with van der Waals surface area (Å²) in [5, 5.41) is 16.2. The van der Waals surface area contributed by atoms with Crippen LogP contribution < -0.4 is 5.32 Å². The molecule has 1 N–H and O–H groups in total. The highest BCUT2D eigenvalue weighted by Crippen LogP contribution is 2.32. The van der Waals surface area contributed by atoms with Crippen LogP contribution in [-0.2, 0) is 17.8 Å². The van der Waals surface area contributed by atoms with E-state index in [9.17, 15) is 4.79 Å². The number of nitrogens with zero attached hydrogens (tertiary/aromatic N) is 3. The van der Waals surface area contributed by atoms with Gasteiger partial charge in [0.25, 0.3) is 0 Å². The number of aromatic nitrogens is 2. The van der Waals surface area contributed by atoms with Crippen LogP contribution in [0.5, 0.6) is 0 Å². The van der Waals surface area contributed by atoms with E-state index in [2.05, 4.69) is 23.4 Å². The fourth-order valence-corrected chi connectivity index (χ4v) is 2.75. The minimum Gasteiger partial charge on any atom is -0.353 e. The average molecular weight is 288 g/mol. The van der Waals surface area contributed by atoms with Crippen LogP contribution in [-0.4, -0.2) is 21.7 Å². The smallest absolute Gasteiger partial charge is 0.220 e. The van der Waals surface area contributed by atoms with Crippen LogP contribution in [0.3, 0.4) is 0 Å². The lowest BCUT2D eigenvalue weighted by atomic mass is 10.1. The number of hydrogen-bond acceptors (Lipinski definition) is 3. The second-order valence-corrected chi connectivity index (χ2v) is 5.97. The molecule has 1 saturated carbocycles. The Bertz CT molecular complexity index is 551. The summed E-state index contributed by atoms with van der Waals surface area (Å²) in [7, 11) is 0. The fourth-order valence-electron chi connectivity index (χ4n) is 2.75. The Morgan fingerprint density at radius 1 is 1.52 bits per heavy atom. The summed E-state index contributed by atoms with van der Waals surface area (Å²) in [5.41, 5.74) is 3.18. The van der Waals surface area contributed by atoms with Crippen molar-refractivity contribution in [1.82, 2.24) is 15.1 Å². The quantitative estimate of drug-likeness (QED) is 0.836. The molecule has 0 spiro atoms. The first-order valence-electron chi connectivity index (χ1n) is 7.72. The van der Waals surface area contributed by atoms with Crippen molar-refractivity contribution in [3.63, 3.8) is 0 Å². The zero-order valence-corrected chi connectivity index (χ0v) is 13.1. The number of amides is 1. The molecule has 1 fully saturated rings. The number of carbonyl (C=O) groups is 1. The molecule has 0 aromatic carbocycles. The topological polar surface area (TPSA) is 70.7 Å². The molecular weight excluding hydrogens is 264 g/mol. The minimum atomic E-state index is 0.123. The third kappa shape index (κ3) is 4.07. The molecule has 1 aromatic heterocycles. The maximum Gasteiger partial charge on any atom is 0.220 e. The van der Waals surface area contributed by atoms with Gasteiger partial charge < -0.3 is 5.32 Å². The van der Waals surface area contributed by atoms with Crippen molar-refractivity contribution in [2.75, 3.05) is 0 Å². The Kier molecular flexibility index (Phi) is 5.00. The number of carbonyl (C=O) groups excluding carboxylic acids is 1. The molecule has 1 aliphatic carbocycles. The summed E-state index contributed by atoms with van der Waals surface area (Å²) in [6, 6.07) is 2.44. The van der Waals surface area contributed by atoms with Gasteiger partial charge in [-0.3, -0.25) is 9.48 Å². The third-order valence-corrected chi connectivity index (χ3v) is 4.29. The van der Waals surface area contributed by atoms with Gasteiger partial charge in [-0.25, -0.2) is 0 Å².